The number of rotatable bonds is 6. The molecular weight excluding hydrogens is 198 g/mol. The lowest BCUT2D eigenvalue weighted by Gasteiger charge is -2.39. The van der Waals surface area contributed by atoms with Crippen molar-refractivity contribution in [2.24, 2.45) is 5.41 Å². The van der Waals surface area contributed by atoms with Gasteiger partial charge in [0.05, 0.1) is 6.10 Å². The van der Waals surface area contributed by atoms with E-state index in [0.717, 1.165) is 19.3 Å². The van der Waals surface area contributed by atoms with Gasteiger partial charge in [0.25, 0.3) is 0 Å². The Labute approximate surface area is 101 Å². The first kappa shape index (κ1) is 14.0. The van der Waals surface area contributed by atoms with E-state index in [-0.39, 0.29) is 6.10 Å². The Morgan fingerprint density at radius 3 is 2.38 bits per heavy atom. The molecule has 0 radical (unpaired) electrons. The number of hydrogen-bond acceptors (Lipinski definition) is 2. The molecule has 0 aromatic rings. The summed E-state index contributed by atoms with van der Waals surface area (Å²) in [4.78, 5) is 2.57. The van der Waals surface area contributed by atoms with E-state index in [0.29, 0.717) is 5.41 Å². The van der Waals surface area contributed by atoms with Gasteiger partial charge in [-0.05, 0) is 57.2 Å². The zero-order valence-electron chi connectivity index (χ0n) is 11.3. The summed E-state index contributed by atoms with van der Waals surface area (Å²) in [5.74, 6) is 0. The molecule has 1 fully saturated rings. The normalized spacial score (nSPS) is 23.2. The summed E-state index contributed by atoms with van der Waals surface area (Å²) in [5.41, 5.74) is 0.597. The number of likely N-dealkylation sites (tertiary alicyclic amines) is 1. The van der Waals surface area contributed by atoms with Gasteiger partial charge in [0.1, 0.15) is 0 Å². The van der Waals surface area contributed by atoms with Crippen LogP contribution in [0.4, 0.5) is 0 Å². The van der Waals surface area contributed by atoms with Crippen LogP contribution in [0.2, 0.25) is 0 Å². The fraction of sp³-hybridized carbons (Fsp3) is 1.00. The largest absolute Gasteiger partial charge is 0.393 e. The van der Waals surface area contributed by atoms with Crippen LogP contribution in [0.25, 0.3) is 0 Å². The van der Waals surface area contributed by atoms with Crippen LogP contribution in [0.3, 0.4) is 0 Å². The molecule has 0 spiro atoms. The smallest absolute Gasteiger partial charge is 0.0538 e. The maximum Gasteiger partial charge on any atom is 0.0538 e. The van der Waals surface area contributed by atoms with Crippen molar-refractivity contribution in [1.82, 2.24) is 4.90 Å². The molecule has 1 aliphatic heterocycles. The Balaban J connectivity index is 2.13. The number of piperidine rings is 1. The third-order valence-electron chi connectivity index (χ3n) is 4.40. The van der Waals surface area contributed by atoms with Crippen molar-refractivity contribution in [3.63, 3.8) is 0 Å². The zero-order valence-corrected chi connectivity index (χ0v) is 11.3. The predicted octanol–water partition coefficient (Wildman–Crippen LogP) is 3.05. The first-order valence-electron chi connectivity index (χ1n) is 7.00. The van der Waals surface area contributed by atoms with Crippen molar-refractivity contribution < 1.29 is 5.11 Å². The molecule has 0 aliphatic carbocycles. The van der Waals surface area contributed by atoms with Gasteiger partial charge in [-0.15, -0.1) is 0 Å². The molecule has 0 saturated carbocycles. The highest BCUT2D eigenvalue weighted by molar-refractivity contribution is 4.81. The van der Waals surface area contributed by atoms with Gasteiger partial charge >= 0.3 is 0 Å². The van der Waals surface area contributed by atoms with E-state index < -0.39 is 0 Å². The molecule has 2 nitrogen and oxygen atoms in total. The topological polar surface area (TPSA) is 23.5 Å². The van der Waals surface area contributed by atoms with Crippen molar-refractivity contribution in [2.45, 2.75) is 65.4 Å². The van der Waals surface area contributed by atoms with Crippen molar-refractivity contribution >= 4 is 0 Å². The van der Waals surface area contributed by atoms with Gasteiger partial charge in [0.15, 0.2) is 0 Å². The Morgan fingerprint density at radius 2 is 1.88 bits per heavy atom. The quantitative estimate of drug-likeness (QED) is 0.754. The summed E-state index contributed by atoms with van der Waals surface area (Å²) < 4.78 is 0. The highest BCUT2D eigenvalue weighted by atomic mass is 16.3. The molecule has 16 heavy (non-hydrogen) atoms. The highest BCUT2D eigenvalue weighted by Crippen LogP contribution is 2.33. The second-order valence-electron chi connectivity index (χ2n) is 5.71. The SMILES string of the molecule is CCC(O)CCCN1CCC(C)(CC)CC1. The van der Waals surface area contributed by atoms with E-state index in [1.54, 1.807) is 0 Å². The molecule has 0 aromatic heterocycles. The van der Waals surface area contributed by atoms with Crippen molar-refractivity contribution in [2.75, 3.05) is 19.6 Å². The molecule has 1 heterocycles. The van der Waals surface area contributed by atoms with Crippen LogP contribution in [0.1, 0.15) is 59.3 Å². The predicted molar refractivity (Wildman–Crippen MR) is 69.6 cm³/mol. The minimum atomic E-state index is -0.0781. The monoisotopic (exact) mass is 227 g/mol. The lowest BCUT2D eigenvalue weighted by molar-refractivity contribution is 0.104. The van der Waals surface area contributed by atoms with Crippen molar-refractivity contribution in [1.29, 1.82) is 0 Å². The minimum Gasteiger partial charge on any atom is -0.393 e. The van der Waals surface area contributed by atoms with Crippen LogP contribution in [0.15, 0.2) is 0 Å². The standard InChI is InChI=1S/C14H29NO/c1-4-13(16)7-6-10-15-11-8-14(3,5-2)9-12-15/h13,16H,4-12H2,1-3H3. The van der Waals surface area contributed by atoms with Gasteiger partial charge < -0.3 is 10.0 Å². The van der Waals surface area contributed by atoms with Crippen LogP contribution in [0, 0.1) is 5.41 Å². The molecule has 1 unspecified atom stereocenters. The van der Waals surface area contributed by atoms with Gasteiger partial charge in [0, 0.05) is 0 Å². The fourth-order valence-corrected chi connectivity index (χ4v) is 2.42. The molecule has 1 aliphatic rings. The third-order valence-corrected chi connectivity index (χ3v) is 4.40. The van der Waals surface area contributed by atoms with Gasteiger partial charge in [-0.2, -0.15) is 0 Å². The van der Waals surface area contributed by atoms with Crippen LogP contribution >= 0.6 is 0 Å². The number of nitrogens with zero attached hydrogens (tertiary/aromatic N) is 1. The second-order valence-corrected chi connectivity index (χ2v) is 5.71. The summed E-state index contributed by atoms with van der Waals surface area (Å²) >= 11 is 0. The lowest BCUT2D eigenvalue weighted by Crippen LogP contribution is -2.39. The molecule has 0 amide bonds. The molecule has 1 saturated heterocycles. The summed E-state index contributed by atoms with van der Waals surface area (Å²) in [7, 11) is 0. The molecule has 0 aromatic carbocycles. The van der Waals surface area contributed by atoms with E-state index in [2.05, 4.69) is 25.7 Å². The Hall–Kier alpha value is -0.0800. The number of aliphatic hydroxyl groups excluding tert-OH is 1. The maximum atomic E-state index is 9.49. The maximum absolute atomic E-state index is 9.49. The van der Waals surface area contributed by atoms with Gasteiger partial charge in [-0.1, -0.05) is 27.2 Å². The molecule has 1 atom stereocenters. The molecule has 2 heteroatoms. The highest BCUT2D eigenvalue weighted by Gasteiger charge is 2.27. The third kappa shape index (κ3) is 4.42. The van der Waals surface area contributed by atoms with E-state index in [4.69, 9.17) is 0 Å². The van der Waals surface area contributed by atoms with Crippen molar-refractivity contribution in [3.05, 3.63) is 0 Å². The molecule has 0 bridgehead atoms. The van der Waals surface area contributed by atoms with Crippen LogP contribution in [-0.2, 0) is 0 Å². The van der Waals surface area contributed by atoms with Crippen LogP contribution in [0.5, 0.6) is 0 Å². The summed E-state index contributed by atoms with van der Waals surface area (Å²) in [6.45, 7) is 10.5. The molecular formula is C14H29NO. The summed E-state index contributed by atoms with van der Waals surface area (Å²) in [6, 6.07) is 0. The Bertz CT molecular complexity index is 185. The molecule has 1 N–H and O–H groups in total. The van der Waals surface area contributed by atoms with Gasteiger partial charge in [-0.3, -0.25) is 0 Å². The van der Waals surface area contributed by atoms with E-state index >= 15 is 0 Å². The second kappa shape index (κ2) is 6.61. The Morgan fingerprint density at radius 1 is 1.25 bits per heavy atom. The summed E-state index contributed by atoms with van der Waals surface area (Å²) in [6.07, 6.45) is 6.95. The first-order valence-corrected chi connectivity index (χ1v) is 7.00. The average molecular weight is 227 g/mol. The van der Waals surface area contributed by atoms with E-state index in [9.17, 15) is 5.11 Å². The fourth-order valence-electron chi connectivity index (χ4n) is 2.42. The molecule has 96 valence electrons. The van der Waals surface area contributed by atoms with E-state index in [1.807, 2.05) is 0 Å². The number of hydrogen-bond donors (Lipinski definition) is 1. The lowest BCUT2D eigenvalue weighted by atomic mass is 9.78. The Kier molecular flexibility index (Phi) is 5.77. The van der Waals surface area contributed by atoms with Crippen molar-refractivity contribution in [3.8, 4) is 0 Å². The van der Waals surface area contributed by atoms with Gasteiger partial charge in [0.2, 0.25) is 0 Å². The summed E-state index contributed by atoms with van der Waals surface area (Å²) in [5, 5.41) is 9.49. The van der Waals surface area contributed by atoms with Gasteiger partial charge in [-0.25, -0.2) is 0 Å². The number of aliphatic hydroxyl groups is 1. The van der Waals surface area contributed by atoms with E-state index in [1.165, 1.54) is 38.9 Å². The average Bonchev–Trinajstić information content (AvgIpc) is 2.31. The van der Waals surface area contributed by atoms with Crippen LogP contribution in [-0.4, -0.2) is 35.7 Å². The zero-order chi connectivity index (χ0) is 12.0. The van der Waals surface area contributed by atoms with Crippen LogP contribution < -0.4 is 0 Å². The first-order chi connectivity index (χ1) is 7.59. The minimum absolute atomic E-state index is 0.0781. The molecule has 1 rings (SSSR count).